The molecule has 2 atom stereocenters. The van der Waals surface area contributed by atoms with Crippen molar-refractivity contribution < 1.29 is 4.79 Å². The average Bonchev–Trinajstić information content (AvgIpc) is 2.93. The summed E-state index contributed by atoms with van der Waals surface area (Å²) in [7, 11) is 0. The van der Waals surface area contributed by atoms with Gasteiger partial charge in [-0.2, -0.15) is 0 Å². The van der Waals surface area contributed by atoms with Crippen LogP contribution in [-0.2, 0) is 12.8 Å². The van der Waals surface area contributed by atoms with Gasteiger partial charge in [0.15, 0.2) is 0 Å². The van der Waals surface area contributed by atoms with Crippen LogP contribution in [-0.4, -0.2) is 29.4 Å². The lowest BCUT2D eigenvalue weighted by atomic mass is 9.95. The summed E-state index contributed by atoms with van der Waals surface area (Å²) in [6.45, 7) is 2.86. The Labute approximate surface area is 121 Å². The molecule has 20 heavy (non-hydrogen) atoms. The van der Waals surface area contributed by atoms with Gasteiger partial charge >= 0.3 is 0 Å². The van der Waals surface area contributed by atoms with Crippen LogP contribution in [0.1, 0.15) is 54.1 Å². The normalized spacial score (nSPS) is 23.5. The number of rotatable bonds is 2. The van der Waals surface area contributed by atoms with E-state index >= 15 is 0 Å². The third-order valence-corrected chi connectivity index (χ3v) is 4.76. The summed E-state index contributed by atoms with van der Waals surface area (Å²) in [5, 5.41) is 0. The number of hydrogen-bond donors (Lipinski definition) is 1. The first-order valence-electron chi connectivity index (χ1n) is 7.85. The first-order valence-corrected chi connectivity index (χ1v) is 7.85. The van der Waals surface area contributed by atoms with E-state index in [4.69, 9.17) is 5.73 Å². The molecule has 2 unspecified atom stereocenters. The third-order valence-electron chi connectivity index (χ3n) is 4.76. The number of carbonyl (C=O) groups is 1. The zero-order valence-electron chi connectivity index (χ0n) is 12.3. The summed E-state index contributed by atoms with van der Waals surface area (Å²) in [5.74, 6) is 0.168. The Balaban J connectivity index is 1.83. The van der Waals surface area contributed by atoms with Crippen LogP contribution >= 0.6 is 0 Å². The molecule has 1 aromatic carbocycles. The number of hydrogen-bond acceptors (Lipinski definition) is 2. The number of likely N-dealkylation sites (tertiary alicyclic amines) is 1. The Morgan fingerprint density at radius 1 is 1.25 bits per heavy atom. The molecule has 1 aromatic rings. The molecule has 0 spiro atoms. The van der Waals surface area contributed by atoms with Gasteiger partial charge in [0, 0.05) is 24.2 Å². The number of nitrogens with two attached hydrogens (primary N) is 1. The van der Waals surface area contributed by atoms with Crippen LogP contribution in [0.15, 0.2) is 18.2 Å². The molecular weight excluding hydrogens is 248 g/mol. The minimum Gasteiger partial charge on any atom is -0.334 e. The van der Waals surface area contributed by atoms with E-state index in [9.17, 15) is 4.79 Å². The van der Waals surface area contributed by atoms with Gasteiger partial charge in [-0.1, -0.05) is 6.07 Å². The highest BCUT2D eigenvalue weighted by Gasteiger charge is 2.30. The van der Waals surface area contributed by atoms with Crippen molar-refractivity contribution in [3.63, 3.8) is 0 Å². The number of fused-ring (bicyclic) bond motifs is 1. The van der Waals surface area contributed by atoms with Crippen molar-refractivity contribution in [2.45, 2.75) is 57.5 Å². The van der Waals surface area contributed by atoms with Crippen molar-refractivity contribution >= 4 is 5.91 Å². The van der Waals surface area contributed by atoms with Crippen LogP contribution in [0.2, 0.25) is 0 Å². The lowest BCUT2D eigenvalue weighted by molar-refractivity contribution is 0.0583. The fraction of sp³-hybridized carbons (Fsp3) is 0.588. The second-order valence-corrected chi connectivity index (χ2v) is 6.26. The molecule has 2 aliphatic rings. The van der Waals surface area contributed by atoms with Gasteiger partial charge in [-0.15, -0.1) is 0 Å². The molecule has 1 heterocycles. The predicted octanol–water partition coefficient (Wildman–Crippen LogP) is 2.52. The second-order valence-electron chi connectivity index (χ2n) is 6.26. The number of nitrogens with zero attached hydrogens (tertiary/aromatic N) is 1. The minimum absolute atomic E-state index is 0.0497. The van der Waals surface area contributed by atoms with Crippen molar-refractivity contribution in [1.82, 2.24) is 4.90 Å². The summed E-state index contributed by atoms with van der Waals surface area (Å²) in [5.41, 5.74) is 9.70. The van der Waals surface area contributed by atoms with Gasteiger partial charge in [-0.05, 0) is 68.7 Å². The molecule has 2 N–H and O–H groups in total. The first-order chi connectivity index (χ1) is 9.66. The number of benzene rings is 1. The van der Waals surface area contributed by atoms with E-state index < -0.39 is 0 Å². The molecule has 108 valence electrons. The molecule has 1 aliphatic carbocycles. The molecule has 0 bridgehead atoms. The average molecular weight is 272 g/mol. The van der Waals surface area contributed by atoms with E-state index in [0.717, 1.165) is 37.8 Å². The van der Waals surface area contributed by atoms with Crippen molar-refractivity contribution in [3.8, 4) is 0 Å². The fourth-order valence-electron chi connectivity index (χ4n) is 3.63. The summed E-state index contributed by atoms with van der Waals surface area (Å²) >= 11 is 0. The Morgan fingerprint density at radius 3 is 2.85 bits per heavy atom. The smallest absolute Gasteiger partial charge is 0.254 e. The van der Waals surface area contributed by atoms with E-state index in [2.05, 4.69) is 12.1 Å². The van der Waals surface area contributed by atoms with E-state index in [1.165, 1.54) is 24.0 Å². The largest absolute Gasteiger partial charge is 0.334 e. The topological polar surface area (TPSA) is 46.3 Å². The SMILES string of the molecule is CC(N)C1CCCCN1C(=O)c1ccc2c(c1)CCC2. The molecule has 3 heteroatoms. The molecule has 1 amide bonds. The van der Waals surface area contributed by atoms with Crippen LogP contribution in [0, 0.1) is 0 Å². The van der Waals surface area contributed by atoms with Gasteiger partial charge in [-0.25, -0.2) is 0 Å². The quantitative estimate of drug-likeness (QED) is 0.899. The maximum atomic E-state index is 12.8. The van der Waals surface area contributed by atoms with Gasteiger partial charge in [0.05, 0.1) is 0 Å². The van der Waals surface area contributed by atoms with Crippen molar-refractivity contribution in [2.75, 3.05) is 6.54 Å². The number of aryl methyl sites for hydroxylation is 2. The standard InChI is InChI=1S/C17H24N2O/c1-12(18)16-7-2-3-10-19(16)17(20)15-9-8-13-5-4-6-14(13)11-15/h8-9,11-12,16H,2-7,10,18H2,1H3. The van der Waals surface area contributed by atoms with Gasteiger partial charge < -0.3 is 10.6 Å². The fourth-order valence-corrected chi connectivity index (χ4v) is 3.63. The van der Waals surface area contributed by atoms with Crippen molar-refractivity contribution in [3.05, 3.63) is 34.9 Å². The second kappa shape index (κ2) is 5.57. The van der Waals surface area contributed by atoms with Crippen molar-refractivity contribution in [1.29, 1.82) is 0 Å². The Hall–Kier alpha value is -1.35. The first kappa shape index (κ1) is 13.6. The summed E-state index contributed by atoms with van der Waals surface area (Å²) in [6, 6.07) is 6.50. The molecule has 1 aliphatic heterocycles. The van der Waals surface area contributed by atoms with Crippen LogP contribution in [0.3, 0.4) is 0 Å². The highest BCUT2D eigenvalue weighted by molar-refractivity contribution is 5.95. The van der Waals surface area contributed by atoms with Crippen LogP contribution in [0.5, 0.6) is 0 Å². The maximum Gasteiger partial charge on any atom is 0.254 e. The number of carbonyl (C=O) groups excluding carboxylic acids is 1. The Kier molecular flexibility index (Phi) is 3.79. The molecule has 1 fully saturated rings. The van der Waals surface area contributed by atoms with E-state index in [1.807, 2.05) is 17.9 Å². The van der Waals surface area contributed by atoms with Gasteiger partial charge in [0.25, 0.3) is 5.91 Å². The molecular formula is C17H24N2O. The highest BCUT2D eigenvalue weighted by Crippen LogP contribution is 2.26. The van der Waals surface area contributed by atoms with E-state index in [-0.39, 0.29) is 18.0 Å². The summed E-state index contributed by atoms with van der Waals surface area (Å²) in [4.78, 5) is 14.8. The molecule has 0 radical (unpaired) electrons. The molecule has 0 aromatic heterocycles. The van der Waals surface area contributed by atoms with Crippen LogP contribution in [0.4, 0.5) is 0 Å². The predicted molar refractivity (Wildman–Crippen MR) is 80.8 cm³/mol. The Morgan fingerprint density at radius 2 is 2.05 bits per heavy atom. The highest BCUT2D eigenvalue weighted by atomic mass is 16.2. The minimum atomic E-state index is 0.0497. The molecule has 1 saturated heterocycles. The van der Waals surface area contributed by atoms with Crippen LogP contribution in [0.25, 0.3) is 0 Å². The third kappa shape index (κ3) is 2.47. The lowest BCUT2D eigenvalue weighted by Crippen LogP contribution is -2.51. The van der Waals surface area contributed by atoms with E-state index in [1.54, 1.807) is 0 Å². The van der Waals surface area contributed by atoms with Crippen LogP contribution < -0.4 is 5.73 Å². The van der Waals surface area contributed by atoms with Gasteiger partial charge in [-0.3, -0.25) is 4.79 Å². The number of amides is 1. The van der Waals surface area contributed by atoms with Crippen molar-refractivity contribution in [2.24, 2.45) is 5.73 Å². The van der Waals surface area contributed by atoms with Gasteiger partial charge in [0.2, 0.25) is 0 Å². The zero-order valence-corrected chi connectivity index (χ0v) is 12.3. The molecule has 0 saturated carbocycles. The summed E-state index contributed by atoms with van der Waals surface area (Å²) in [6.07, 6.45) is 6.82. The number of piperidine rings is 1. The summed E-state index contributed by atoms with van der Waals surface area (Å²) < 4.78 is 0. The zero-order chi connectivity index (χ0) is 14.1. The molecule has 3 rings (SSSR count). The van der Waals surface area contributed by atoms with E-state index in [0.29, 0.717) is 0 Å². The van der Waals surface area contributed by atoms with Gasteiger partial charge in [0.1, 0.15) is 0 Å². The maximum absolute atomic E-state index is 12.8. The lowest BCUT2D eigenvalue weighted by Gasteiger charge is -2.38. The Bertz CT molecular complexity index is 510. The monoisotopic (exact) mass is 272 g/mol. The molecule has 3 nitrogen and oxygen atoms in total.